The van der Waals surface area contributed by atoms with E-state index in [9.17, 15) is 4.79 Å². The lowest BCUT2D eigenvalue weighted by atomic mass is 10.1. The van der Waals surface area contributed by atoms with Crippen LogP contribution in [0.5, 0.6) is 0 Å². The molecule has 0 radical (unpaired) electrons. The van der Waals surface area contributed by atoms with Crippen LogP contribution in [0.4, 0.5) is 0 Å². The van der Waals surface area contributed by atoms with E-state index < -0.39 is 6.10 Å². The number of ether oxygens (including phenoxy) is 1. The van der Waals surface area contributed by atoms with E-state index in [0.717, 1.165) is 12.0 Å². The molecule has 3 rings (SSSR count). The van der Waals surface area contributed by atoms with Gasteiger partial charge in [-0.3, -0.25) is 4.79 Å². The third-order valence-corrected chi connectivity index (χ3v) is 6.45. The largest absolute Gasteiger partial charge is 0.444 e. The number of allylic oxidation sites excluding steroid dienone is 5. The van der Waals surface area contributed by atoms with Gasteiger partial charge in [0, 0.05) is 0 Å². The zero-order valence-electron chi connectivity index (χ0n) is 16.5. The van der Waals surface area contributed by atoms with Gasteiger partial charge in [0.05, 0.1) is 5.92 Å². The lowest BCUT2D eigenvalue weighted by Gasteiger charge is -2.14. The lowest BCUT2D eigenvalue weighted by Crippen LogP contribution is -2.20. The van der Waals surface area contributed by atoms with Gasteiger partial charge in [-0.05, 0) is 75.2 Å². The number of esters is 1. The summed E-state index contributed by atoms with van der Waals surface area (Å²) in [5.41, 5.74) is 3.95. The van der Waals surface area contributed by atoms with Gasteiger partial charge in [-0.15, -0.1) is 6.42 Å². The van der Waals surface area contributed by atoms with Crippen LogP contribution in [0, 0.1) is 29.6 Å². The molecule has 0 aromatic rings. The molecule has 0 N–H and O–H groups in total. The van der Waals surface area contributed by atoms with Gasteiger partial charge in [0.1, 0.15) is 0 Å². The van der Waals surface area contributed by atoms with Crippen LogP contribution in [0.3, 0.4) is 0 Å². The zero-order valence-corrected chi connectivity index (χ0v) is 16.5. The third kappa shape index (κ3) is 4.14. The Morgan fingerprint density at radius 2 is 2.08 bits per heavy atom. The van der Waals surface area contributed by atoms with Crippen molar-refractivity contribution in [2.45, 2.75) is 78.2 Å². The molecule has 2 fully saturated rings. The Bertz CT molecular complexity index is 675. The number of hydrogen-bond acceptors (Lipinski definition) is 2. The zero-order chi connectivity index (χ0) is 18.7. The van der Waals surface area contributed by atoms with Gasteiger partial charge in [-0.25, -0.2) is 0 Å². The first-order chi connectivity index (χ1) is 12.4. The van der Waals surface area contributed by atoms with E-state index >= 15 is 0 Å². The van der Waals surface area contributed by atoms with Gasteiger partial charge in [-0.1, -0.05) is 49.1 Å². The minimum absolute atomic E-state index is 0.0158. The van der Waals surface area contributed by atoms with Crippen molar-refractivity contribution in [2.75, 3.05) is 0 Å². The van der Waals surface area contributed by atoms with Crippen molar-refractivity contribution < 1.29 is 9.53 Å². The number of carbonyl (C=O) groups excluding carboxylic acids is 1. The lowest BCUT2D eigenvalue weighted by molar-refractivity contribution is -0.147. The van der Waals surface area contributed by atoms with Gasteiger partial charge < -0.3 is 4.74 Å². The molecule has 0 aliphatic heterocycles. The summed E-state index contributed by atoms with van der Waals surface area (Å²) in [6.07, 6.45) is 21.4. The standard InChI is InChI=1S/C24H32O2/c1-5-21(17(2)14-15-18-10-6-7-11-18)26-23(25)22-20(24(22,3)4)16-19-12-8-9-13-19/h1,10,14,16,20-22H,6-9,11-13,15H2,2-4H3. The smallest absolute Gasteiger partial charge is 0.311 e. The minimum Gasteiger partial charge on any atom is -0.444 e. The summed E-state index contributed by atoms with van der Waals surface area (Å²) < 4.78 is 5.74. The van der Waals surface area contributed by atoms with E-state index in [0.29, 0.717) is 5.92 Å². The maximum atomic E-state index is 12.8. The summed E-state index contributed by atoms with van der Waals surface area (Å²) in [4.78, 5) is 12.8. The van der Waals surface area contributed by atoms with Crippen LogP contribution in [0.25, 0.3) is 0 Å². The molecule has 0 amide bonds. The van der Waals surface area contributed by atoms with E-state index in [4.69, 9.17) is 11.2 Å². The van der Waals surface area contributed by atoms with Gasteiger partial charge in [0.2, 0.25) is 0 Å². The average molecular weight is 353 g/mol. The molecule has 2 saturated carbocycles. The first-order valence-electron chi connectivity index (χ1n) is 10.1. The van der Waals surface area contributed by atoms with Crippen LogP contribution in [-0.2, 0) is 9.53 Å². The number of terminal acetylenes is 1. The summed E-state index contributed by atoms with van der Waals surface area (Å²) in [6, 6.07) is 0. The number of rotatable bonds is 6. The summed E-state index contributed by atoms with van der Waals surface area (Å²) in [5, 5.41) is 0. The van der Waals surface area contributed by atoms with E-state index in [1.54, 1.807) is 0 Å². The van der Waals surface area contributed by atoms with Crippen molar-refractivity contribution in [3.8, 4) is 12.3 Å². The molecule has 3 aliphatic rings. The Labute approximate surface area is 158 Å². The van der Waals surface area contributed by atoms with Crippen molar-refractivity contribution in [3.05, 3.63) is 34.9 Å². The molecule has 140 valence electrons. The molecule has 26 heavy (non-hydrogen) atoms. The van der Waals surface area contributed by atoms with Gasteiger partial charge in [0.15, 0.2) is 6.10 Å². The normalized spacial score (nSPS) is 28.3. The van der Waals surface area contributed by atoms with Gasteiger partial charge in [-0.2, -0.15) is 0 Å². The second kappa shape index (κ2) is 7.87. The molecule has 0 bridgehead atoms. The van der Waals surface area contributed by atoms with Crippen LogP contribution >= 0.6 is 0 Å². The molecular formula is C24H32O2. The highest BCUT2D eigenvalue weighted by molar-refractivity contribution is 5.79. The quantitative estimate of drug-likeness (QED) is 0.345. The van der Waals surface area contributed by atoms with Gasteiger partial charge in [0.25, 0.3) is 0 Å². The van der Waals surface area contributed by atoms with Crippen LogP contribution in [0.2, 0.25) is 0 Å². The maximum absolute atomic E-state index is 12.8. The van der Waals surface area contributed by atoms with E-state index in [2.05, 4.69) is 38.0 Å². The Hall–Kier alpha value is -1.75. The van der Waals surface area contributed by atoms with Crippen LogP contribution in [0.1, 0.15) is 72.1 Å². The maximum Gasteiger partial charge on any atom is 0.311 e. The summed E-state index contributed by atoms with van der Waals surface area (Å²) in [7, 11) is 0. The third-order valence-electron chi connectivity index (χ3n) is 6.45. The molecule has 0 heterocycles. The molecule has 2 heteroatoms. The molecule has 3 aliphatic carbocycles. The second-order valence-electron chi connectivity index (χ2n) is 8.75. The fraction of sp³-hybridized carbons (Fsp3) is 0.625. The molecule has 0 aromatic heterocycles. The second-order valence-corrected chi connectivity index (χ2v) is 8.75. The molecule has 0 aromatic carbocycles. The Balaban J connectivity index is 1.59. The first kappa shape index (κ1) is 19.0. The van der Waals surface area contributed by atoms with Crippen molar-refractivity contribution in [1.82, 2.24) is 0 Å². The fourth-order valence-electron chi connectivity index (χ4n) is 4.46. The summed E-state index contributed by atoms with van der Waals surface area (Å²) in [6.45, 7) is 6.30. The van der Waals surface area contributed by atoms with Crippen molar-refractivity contribution >= 4 is 5.97 Å². The number of hydrogen-bond donors (Lipinski definition) is 0. The topological polar surface area (TPSA) is 26.3 Å². The summed E-state index contributed by atoms with van der Waals surface area (Å²) >= 11 is 0. The molecule has 0 spiro atoms. The van der Waals surface area contributed by atoms with Crippen molar-refractivity contribution in [3.63, 3.8) is 0 Å². The minimum atomic E-state index is -0.541. The highest BCUT2D eigenvalue weighted by atomic mass is 16.5. The predicted octanol–water partition coefficient (Wildman–Crippen LogP) is 5.75. The monoisotopic (exact) mass is 352 g/mol. The Morgan fingerprint density at radius 1 is 1.35 bits per heavy atom. The SMILES string of the molecule is C#CC(OC(=O)C1C(C=C2CCCC2)C1(C)C)C(C)=CCC1=CCCC1. The van der Waals surface area contributed by atoms with Crippen LogP contribution in [0.15, 0.2) is 34.9 Å². The highest BCUT2D eigenvalue weighted by Gasteiger charge is 2.61. The van der Waals surface area contributed by atoms with Crippen molar-refractivity contribution in [1.29, 1.82) is 0 Å². The average Bonchev–Trinajstić information content (AvgIpc) is 3.11. The highest BCUT2D eigenvalue weighted by Crippen LogP contribution is 2.60. The molecule has 3 unspecified atom stereocenters. The van der Waals surface area contributed by atoms with Gasteiger partial charge >= 0.3 is 5.97 Å². The molecule has 2 nitrogen and oxygen atoms in total. The van der Waals surface area contributed by atoms with Crippen molar-refractivity contribution in [2.24, 2.45) is 17.3 Å². The molecule has 3 atom stereocenters. The predicted molar refractivity (Wildman–Crippen MR) is 106 cm³/mol. The Morgan fingerprint density at radius 3 is 2.69 bits per heavy atom. The van der Waals surface area contributed by atoms with E-state index in [1.165, 1.54) is 56.1 Å². The molecular weight excluding hydrogens is 320 g/mol. The summed E-state index contributed by atoms with van der Waals surface area (Å²) in [5.74, 6) is 2.77. The van der Waals surface area contributed by atoms with Crippen LogP contribution < -0.4 is 0 Å². The number of carbonyl (C=O) groups is 1. The van der Waals surface area contributed by atoms with E-state index in [-0.39, 0.29) is 17.3 Å². The fourth-order valence-corrected chi connectivity index (χ4v) is 4.46. The van der Waals surface area contributed by atoms with E-state index in [1.807, 2.05) is 6.92 Å². The Kier molecular flexibility index (Phi) is 5.76. The first-order valence-corrected chi connectivity index (χ1v) is 10.1. The molecule has 0 saturated heterocycles. The van der Waals surface area contributed by atoms with Crippen LogP contribution in [-0.4, -0.2) is 12.1 Å².